The summed E-state index contributed by atoms with van der Waals surface area (Å²) in [7, 11) is 0. The molecule has 1 amide bonds. The molecule has 1 fully saturated rings. The van der Waals surface area contributed by atoms with Gasteiger partial charge in [-0.05, 0) is 26.7 Å². The van der Waals surface area contributed by atoms with E-state index in [-0.39, 0.29) is 24.9 Å². The molecule has 1 aromatic heterocycles. The summed E-state index contributed by atoms with van der Waals surface area (Å²) in [6.45, 7) is 3.74. The van der Waals surface area contributed by atoms with Gasteiger partial charge in [0.25, 0.3) is 0 Å². The minimum Gasteiger partial charge on any atom is -0.481 e. The lowest BCUT2D eigenvalue weighted by Crippen LogP contribution is -2.35. The van der Waals surface area contributed by atoms with Crippen molar-refractivity contribution in [2.75, 3.05) is 0 Å². The van der Waals surface area contributed by atoms with Crippen LogP contribution in [0.4, 0.5) is 0 Å². The lowest BCUT2D eigenvalue weighted by atomic mass is 10.1. The molecule has 0 spiro atoms. The highest BCUT2D eigenvalue weighted by Crippen LogP contribution is 2.18. The topological polar surface area (TPSA) is 84.2 Å². The van der Waals surface area contributed by atoms with Crippen molar-refractivity contribution < 1.29 is 14.7 Å². The molecule has 1 aliphatic carbocycles. The minimum atomic E-state index is -0.883. The van der Waals surface area contributed by atoms with Gasteiger partial charge in [-0.3, -0.25) is 14.3 Å². The van der Waals surface area contributed by atoms with Crippen molar-refractivity contribution in [3.8, 4) is 0 Å². The number of nitrogens with zero attached hydrogens (tertiary/aromatic N) is 2. The third-order valence-electron chi connectivity index (χ3n) is 3.87. The number of carboxylic acids is 1. The fourth-order valence-corrected chi connectivity index (χ4v) is 2.77. The van der Waals surface area contributed by atoms with E-state index in [9.17, 15) is 9.59 Å². The Labute approximate surface area is 118 Å². The molecule has 0 bridgehead atoms. The van der Waals surface area contributed by atoms with Crippen molar-refractivity contribution in [2.45, 2.75) is 58.5 Å². The summed E-state index contributed by atoms with van der Waals surface area (Å²) in [5.74, 6) is -0.935. The maximum Gasteiger partial charge on any atom is 0.307 e. The van der Waals surface area contributed by atoms with E-state index in [1.54, 1.807) is 18.5 Å². The monoisotopic (exact) mass is 279 g/mol. The van der Waals surface area contributed by atoms with Gasteiger partial charge in [-0.1, -0.05) is 12.8 Å². The van der Waals surface area contributed by atoms with Crippen molar-refractivity contribution in [3.63, 3.8) is 0 Å². The molecular formula is C14H21N3O3. The molecule has 2 N–H and O–H groups in total. The Morgan fingerprint density at radius 2 is 2.00 bits per heavy atom. The number of carbonyl (C=O) groups excluding carboxylic acids is 1. The van der Waals surface area contributed by atoms with E-state index in [4.69, 9.17) is 5.11 Å². The van der Waals surface area contributed by atoms with Crippen molar-refractivity contribution in [3.05, 3.63) is 17.0 Å². The summed E-state index contributed by atoms with van der Waals surface area (Å²) in [4.78, 5) is 22.8. The number of rotatable bonds is 5. The molecule has 0 aliphatic heterocycles. The van der Waals surface area contributed by atoms with Gasteiger partial charge >= 0.3 is 5.97 Å². The third-order valence-corrected chi connectivity index (χ3v) is 3.87. The number of aliphatic carboxylic acids is 1. The third kappa shape index (κ3) is 3.37. The van der Waals surface area contributed by atoms with E-state index >= 15 is 0 Å². The second kappa shape index (κ2) is 6.07. The molecule has 0 saturated heterocycles. The first-order chi connectivity index (χ1) is 9.47. The molecule has 0 aromatic carbocycles. The van der Waals surface area contributed by atoms with Gasteiger partial charge in [0.2, 0.25) is 5.91 Å². The van der Waals surface area contributed by atoms with E-state index in [1.165, 1.54) is 12.8 Å². The largest absolute Gasteiger partial charge is 0.481 e. The smallest absolute Gasteiger partial charge is 0.307 e. The molecule has 0 unspecified atom stereocenters. The van der Waals surface area contributed by atoms with E-state index < -0.39 is 5.97 Å². The van der Waals surface area contributed by atoms with Gasteiger partial charge in [0.15, 0.2) is 0 Å². The van der Waals surface area contributed by atoms with Gasteiger partial charge in [0.05, 0.1) is 12.1 Å². The first-order valence-corrected chi connectivity index (χ1v) is 7.01. The molecule has 1 aliphatic rings. The van der Waals surface area contributed by atoms with Crippen molar-refractivity contribution in [2.24, 2.45) is 0 Å². The zero-order valence-corrected chi connectivity index (χ0v) is 12.0. The molecule has 1 saturated carbocycles. The van der Waals surface area contributed by atoms with Crippen LogP contribution in [0.3, 0.4) is 0 Å². The summed E-state index contributed by atoms with van der Waals surface area (Å²) in [6, 6.07) is 0.290. The number of aromatic nitrogens is 2. The highest BCUT2D eigenvalue weighted by Gasteiger charge is 2.19. The van der Waals surface area contributed by atoms with Crippen LogP contribution in [0.1, 0.15) is 42.6 Å². The van der Waals surface area contributed by atoms with Gasteiger partial charge in [-0.2, -0.15) is 5.10 Å². The van der Waals surface area contributed by atoms with Gasteiger partial charge in [-0.25, -0.2) is 0 Å². The average Bonchev–Trinajstić information content (AvgIpc) is 2.93. The fraction of sp³-hybridized carbons (Fsp3) is 0.643. The fourth-order valence-electron chi connectivity index (χ4n) is 2.77. The molecule has 1 aromatic rings. The highest BCUT2D eigenvalue weighted by molar-refractivity contribution is 5.76. The summed E-state index contributed by atoms with van der Waals surface area (Å²) >= 11 is 0. The number of carbonyl (C=O) groups is 2. The Morgan fingerprint density at radius 1 is 1.35 bits per heavy atom. The van der Waals surface area contributed by atoms with Crippen LogP contribution in [0.2, 0.25) is 0 Å². The van der Waals surface area contributed by atoms with Crippen molar-refractivity contribution in [1.82, 2.24) is 15.1 Å². The maximum atomic E-state index is 12.0. The number of carboxylic acid groups (broad SMARTS) is 1. The highest BCUT2D eigenvalue weighted by atomic mass is 16.4. The van der Waals surface area contributed by atoms with Gasteiger partial charge in [-0.15, -0.1) is 0 Å². The Kier molecular flexibility index (Phi) is 4.42. The van der Waals surface area contributed by atoms with Crippen LogP contribution < -0.4 is 5.32 Å². The van der Waals surface area contributed by atoms with Crippen LogP contribution in [0, 0.1) is 13.8 Å². The predicted molar refractivity (Wildman–Crippen MR) is 73.4 cm³/mol. The zero-order valence-electron chi connectivity index (χ0n) is 12.0. The normalized spacial score (nSPS) is 15.5. The molecule has 110 valence electrons. The first kappa shape index (κ1) is 14.6. The molecule has 0 radical (unpaired) electrons. The number of hydrogen-bond donors (Lipinski definition) is 2. The predicted octanol–water partition coefficient (Wildman–Crippen LogP) is 1.19. The number of amides is 1. The first-order valence-electron chi connectivity index (χ1n) is 7.01. The Bertz CT molecular complexity index is 516. The van der Waals surface area contributed by atoms with Crippen molar-refractivity contribution >= 4 is 11.9 Å². The summed E-state index contributed by atoms with van der Waals surface area (Å²) in [5, 5.41) is 16.2. The molecule has 6 heteroatoms. The van der Waals surface area contributed by atoms with E-state index in [1.807, 2.05) is 0 Å². The Morgan fingerprint density at radius 3 is 2.60 bits per heavy atom. The zero-order chi connectivity index (χ0) is 14.7. The maximum absolute atomic E-state index is 12.0. The number of aryl methyl sites for hydroxylation is 1. The van der Waals surface area contributed by atoms with Gasteiger partial charge < -0.3 is 10.4 Å². The van der Waals surface area contributed by atoms with Crippen LogP contribution in [-0.2, 0) is 22.6 Å². The quantitative estimate of drug-likeness (QED) is 0.848. The van der Waals surface area contributed by atoms with Crippen LogP contribution in [-0.4, -0.2) is 32.8 Å². The second-order valence-electron chi connectivity index (χ2n) is 5.43. The van der Waals surface area contributed by atoms with E-state index in [0.717, 1.165) is 18.5 Å². The molecular weight excluding hydrogens is 258 g/mol. The Balaban J connectivity index is 2.01. The van der Waals surface area contributed by atoms with Crippen LogP contribution in [0.25, 0.3) is 0 Å². The average molecular weight is 279 g/mol. The van der Waals surface area contributed by atoms with Crippen LogP contribution in [0.5, 0.6) is 0 Å². The van der Waals surface area contributed by atoms with E-state index in [2.05, 4.69) is 10.4 Å². The SMILES string of the molecule is Cc1nn(CC(=O)NC2CCCC2)c(C)c1CC(=O)O. The summed E-state index contributed by atoms with van der Waals surface area (Å²) < 4.78 is 1.60. The minimum absolute atomic E-state index is 0.0515. The van der Waals surface area contributed by atoms with E-state index in [0.29, 0.717) is 11.3 Å². The number of hydrogen-bond acceptors (Lipinski definition) is 3. The molecule has 20 heavy (non-hydrogen) atoms. The lowest BCUT2D eigenvalue weighted by molar-refractivity contribution is -0.136. The molecule has 1 heterocycles. The van der Waals surface area contributed by atoms with Gasteiger partial charge in [0, 0.05) is 17.3 Å². The Hall–Kier alpha value is -1.85. The molecule has 6 nitrogen and oxygen atoms in total. The second-order valence-corrected chi connectivity index (χ2v) is 5.43. The summed E-state index contributed by atoms with van der Waals surface area (Å²) in [5.41, 5.74) is 2.14. The van der Waals surface area contributed by atoms with Crippen LogP contribution >= 0.6 is 0 Å². The lowest BCUT2D eigenvalue weighted by Gasteiger charge is -2.12. The van der Waals surface area contributed by atoms with Crippen LogP contribution in [0.15, 0.2) is 0 Å². The molecule has 0 atom stereocenters. The van der Waals surface area contributed by atoms with Crippen molar-refractivity contribution in [1.29, 1.82) is 0 Å². The summed E-state index contributed by atoms with van der Waals surface area (Å²) in [6.07, 6.45) is 4.39. The molecule has 2 rings (SSSR count). The number of nitrogens with one attached hydrogen (secondary N) is 1. The van der Waals surface area contributed by atoms with Gasteiger partial charge in [0.1, 0.15) is 6.54 Å². The standard InChI is InChI=1S/C14H21N3O3/c1-9-12(7-14(19)20)10(2)17(16-9)8-13(18)15-11-5-3-4-6-11/h11H,3-8H2,1-2H3,(H,15,18)(H,19,20).